The maximum atomic E-state index is 12.6. The van der Waals surface area contributed by atoms with Gasteiger partial charge in [-0.15, -0.1) is 0 Å². The zero-order chi connectivity index (χ0) is 21.9. The number of hydrogen-bond acceptors (Lipinski definition) is 4. The molecule has 4 heteroatoms. The molecule has 0 atom stereocenters. The molecular weight excluding hydrogens is 364 g/mol. The van der Waals surface area contributed by atoms with Gasteiger partial charge in [0.2, 0.25) is 0 Å². The van der Waals surface area contributed by atoms with Gasteiger partial charge in [0.25, 0.3) is 0 Å². The molecule has 29 heavy (non-hydrogen) atoms. The average Bonchev–Trinajstić information content (AvgIpc) is 2.69. The molecule has 0 aliphatic heterocycles. The van der Waals surface area contributed by atoms with Crippen molar-refractivity contribution in [1.29, 1.82) is 0 Å². The first kappa shape index (κ1) is 27.7. The molecule has 0 saturated carbocycles. The zero-order valence-corrected chi connectivity index (χ0v) is 19.8. The summed E-state index contributed by atoms with van der Waals surface area (Å²) in [6, 6.07) is 0. The Bertz CT molecular complexity index is 465. The van der Waals surface area contributed by atoms with Gasteiger partial charge in [0.05, 0.1) is 18.8 Å². The van der Waals surface area contributed by atoms with Gasteiger partial charge in [-0.05, 0) is 25.2 Å². The Morgan fingerprint density at radius 3 is 1.45 bits per heavy atom. The summed E-state index contributed by atoms with van der Waals surface area (Å²) in [7, 11) is 0. The predicted octanol–water partition coefficient (Wildman–Crippen LogP) is 7.16. The third-order valence-corrected chi connectivity index (χ3v) is 5.18. The SMILES string of the molecule is CCCCCCCCOC(=O)/C(CC)=C(\C(=O)OCCCCCCCC)C(C)C. The van der Waals surface area contributed by atoms with Crippen LogP contribution in [0.15, 0.2) is 11.1 Å². The second kappa shape index (κ2) is 18.7. The fourth-order valence-corrected chi connectivity index (χ4v) is 3.41. The summed E-state index contributed by atoms with van der Waals surface area (Å²) in [4.78, 5) is 25.2. The number of ether oxygens (including phenoxy) is 2. The first-order chi connectivity index (χ1) is 14.0. The Kier molecular flexibility index (Phi) is 17.8. The van der Waals surface area contributed by atoms with Crippen LogP contribution in [0.25, 0.3) is 0 Å². The molecule has 0 spiro atoms. The van der Waals surface area contributed by atoms with E-state index in [9.17, 15) is 9.59 Å². The highest BCUT2D eigenvalue weighted by molar-refractivity contribution is 6.00. The second-order valence-corrected chi connectivity index (χ2v) is 8.21. The summed E-state index contributed by atoms with van der Waals surface area (Å²) in [5.41, 5.74) is 0.949. The van der Waals surface area contributed by atoms with Gasteiger partial charge in [0.15, 0.2) is 0 Å². The van der Waals surface area contributed by atoms with Crippen molar-refractivity contribution in [2.45, 2.75) is 118 Å². The highest BCUT2D eigenvalue weighted by atomic mass is 16.5. The molecule has 0 unspecified atom stereocenters. The highest BCUT2D eigenvalue weighted by Gasteiger charge is 2.24. The van der Waals surface area contributed by atoms with Crippen LogP contribution in [0.1, 0.15) is 118 Å². The van der Waals surface area contributed by atoms with Crippen LogP contribution in [-0.2, 0) is 19.1 Å². The van der Waals surface area contributed by atoms with E-state index in [1.807, 2.05) is 20.8 Å². The van der Waals surface area contributed by atoms with Gasteiger partial charge >= 0.3 is 11.9 Å². The zero-order valence-electron chi connectivity index (χ0n) is 19.8. The number of rotatable bonds is 18. The molecule has 170 valence electrons. The molecule has 4 nitrogen and oxygen atoms in total. The van der Waals surface area contributed by atoms with Gasteiger partial charge in [0, 0.05) is 5.57 Å². The molecule has 0 heterocycles. The van der Waals surface area contributed by atoms with Crippen molar-refractivity contribution in [2.75, 3.05) is 13.2 Å². The van der Waals surface area contributed by atoms with E-state index in [2.05, 4.69) is 13.8 Å². The normalized spacial score (nSPS) is 12.1. The lowest BCUT2D eigenvalue weighted by atomic mass is 9.95. The van der Waals surface area contributed by atoms with Crippen molar-refractivity contribution in [1.82, 2.24) is 0 Å². The first-order valence-corrected chi connectivity index (χ1v) is 12.1. The van der Waals surface area contributed by atoms with E-state index in [4.69, 9.17) is 9.47 Å². The van der Waals surface area contributed by atoms with Gasteiger partial charge in [-0.2, -0.15) is 0 Å². The van der Waals surface area contributed by atoms with Gasteiger partial charge in [-0.25, -0.2) is 9.59 Å². The van der Waals surface area contributed by atoms with Crippen molar-refractivity contribution in [3.8, 4) is 0 Å². The van der Waals surface area contributed by atoms with E-state index >= 15 is 0 Å². The van der Waals surface area contributed by atoms with Crippen LogP contribution in [0.3, 0.4) is 0 Å². The molecule has 0 amide bonds. The van der Waals surface area contributed by atoms with Crippen LogP contribution in [0.5, 0.6) is 0 Å². The summed E-state index contributed by atoms with van der Waals surface area (Å²) in [5, 5.41) is 0. The van der Waals surface area contributed by atoms with Gasteiger partial charge in [-0.1, -0.05) is 98.8 Å². The summed E-state index contributed by atoms with van der Waals surface area (Å²) < 4.78 is 10.9. The quantitative estimate of drug-likeness (QED) is 0.137. The Morgan fingerprint density at radius 1 is 0.621 bits per heavy atom. The number of carbonyl (C=O) groups excluding carboxylic acids is 2. The predicted molar refractivity (Wildman–Crippen MR) is 121 cm³/mol. The maximum absolute atomic E-state index is 12.6. The Balaban J connectivity index is 4.52. The summed E-state index contributed by atoms with van der Waals surface area (Å²) in [6.45, 7) is 11.0. The van der Waals surface area contributed by atoms with Crippen LogP contribution in [0, 0.1) is 5.92 Å². The summed E-state index contributed by atoms with van der Waals surface area (Å²) >= 11 is 0. The molecule has 0 rings (SSSR count). The second-order valence-electron chi connectivity index (χ2n) is 8.21. The van der Waals surface area contributed by atoms with Crippen LogP contribution < -0.4 is 0 Å². The maximum Gasteiger partial charge on any atom is 0.334 e. The molecule has 0 fully saturated rings. The van der Waals surface area contributed by atoms with Crippen LogP contribution in [-0.4, -0.2) is 25.2 Å². The van der Waals surface area contributed by atoms with Crippen molar-refractivity contribution in [3.63, 3.8) is 0 Å². The Morgan fingerprint density at radius 2 is 1.03 bits per heavy atom. The summed E-state index contributed by atoms with van der Waals surface area (Å²) in [5.74, 6) is -0.785. The monoisotopic (exact) mass is 410 g/mol. The topological polar surface area (TPSA) is 52.6 Å². The molecular formula is C25H46O4. The van der Waals surface area contributed by atoms with Crippen molar-refractivity contribution in [2.24, 2.45) is 5.92 Å². The molecule has 0 saturated heterocycles. The van der Waals surface area contributed by atoms with Crippen LogP contribution in [0.2, 0.25) is 0 Å². The van der Waals surface area contributed by atoms with E-state index < -0.39 is 0 Å². The smallest absolute Gasteiger partial charge is 0.334 e. The average molecular weight is 411 g/mol. The number of carbonyl (C=O) groups is 2. The van der Waals surface area contributed by atoms with E-state index in [-0.39, 0.29) is 17.9 Å². The van der Waals surface area contributed by atoms with Crippen molar-refractivity contribution < 1.29 is 19.1 Å². The first-order valence-electron chi connectivity index (χ1n) is 12.1. The fourth-order valence-electron chi connectivity index (χ4n) is 3.41. The summed E-state index contributed by atoms with van der Waals surface area (Å²) in [6.07, 6.45) is 14.2. The number of esters is 2. The minimum absolute atomic E-state index is 0.0661. The molecule has 0 radical (unpaired) electrons. The van der Waals surface area contributed by atoms with Gasteiger partial charge in [0.1, 0.15) is 0 Å². The molecule has 0 aromatic rings. The Labute approximate surface area is 179 Å². The molecule has 0 aliphatic carbocycles. The van der Waals surface area contributed by atoms with E-state index in [0.29, 0.717) is 30.8 Å². The largest absolute Gasteiger partial charge is 0.462 e. The molecule has 0 aromatic heterocycles. The molecule has 0 aromatic carbocycles. The van der Waals surface area contributed by atoms with E-state index in [1.54, 1.807) is 0 Å². The third-order valence-electron chi connectivity index (χ3n) is 5.18. The third kappa shape index (κ3) is 13.5. The van der Waals surface area contributed by atoms with Crippen molar-refractivity contribution >= 4 is 11.9 Å². The lowest BCUT2D eigenvalue weighted by molar-refractivity contribution is -0.143. The van der Waals surface area contributed by atoms with E-state index in [0.717, 1.165) is 25.7 Å². The van der Waals surface area contributed by atoms with Crippen LogP contribution >= 0.6 is 0 Å². The Hall–Kier alpha value is -1.32. The van der Waals surface area contributed by atoms with Gasteiger partial charge < -0.3 is 9.47 Å². The highest BCUT2D eigenvalue weighted by Crippen LogP contribution is 2.21. The fraction of sp³-hybridized carbons (Fsp3) is 0.840. The molecule has 0 N–H and O–H groups in total. The minimum atomic E-state index is -0.360. The number of unbranched alkanes of at least 4 members (excludes halogenated alkanes) is 10. The number of hydrogen-bond donors (Lipinski definition) is 0. The minimum Gasteiger partial charge on any atom is -0.462 e. The van der Waals surface area contributed by atoms with Crippen molar-refractivity contribution in [3.05, 3.63) is 11.1 Å². The van der Waals surface area contributed by atoms with E-state index in [1.165, 1.54) is 51.4 Å². The lowest BCUT2D eigenvalue weighted by Crippen LogP contribution is -2.20. The lowest BCUT2D eigenvalue weighted by Gasteiger charge is -2.16. The molecule has 0 aliphatic rings. The molecule has 0 bridgehead atoms. The standard InChI is InChI=1S/C25H46O4/c1-6-9-11-13-15-17-19-28-24(26)22(8-3)23(21(4)5)25(27)29-20-18-16-14-12-10-7-2/h21H,6-20H2,1-5H3/b23-22-. The van der Waals surface area contributed by atoms with Gasteiger partial charge in [-0.3, -0.25) is 0 Å². The van der Waals surface area contributed by atoms with Crippen LogP contribution in [0.4, 0.5) is 0 Å².